The molecule has 1 unspecified atom stereocenters. The molecule has 0 aromatic rings. The molecule has 20 heavy (non-hydrogen) atoms. The van der Waals surface area contributed by atoms with Gasteiger partial charge in [-0.15, -0.1) is 0 Å². The van der Waals surface area contributed by atoms with Gasteiger partial charge >= 0.3 is 14.8 Å². The van der Waals surface area contributed by atoms with Gasteiger partial charge in [-0.1, -0.05) is 26.3 Å². The molecule has 1 atom stereocenters. The maximum absolute atomic E-state index is 11.6. The molecular formula is C14H28O5Si. The van der Waals surface area contributed by atoms with Crippen LogP contribution in [0.3, 0.4) is 0 Å². The first kappa shape index (κ1) is 19.3. The van der Waals surface area contributed by atoms with Gasteiger partial charge in [-0.2, -0.15) is 0 Å². The molecule has 0 aliphatic carbocycles. The summed E-state index contributed by atoms with van der Waals surface area (Å²) in [5.74, 6) is -0.342. The molecule has 0 aliphatic rings. The number of rotatable bonds is 11. The van der Waals surface area contributed by atoms with Crippen molar-refractivity contribution in [3.63, 3.8) is 0 Å². The number of hydrogen-bond acceptors (Lipinski definition) is 5. The number of unbranched alkanes of at least 4 members (excludes halogenated alkanes) is 1. The molecule has 0 amide bonds. The van der Waals surface area contributed by atoms with Crippen LogP contribution in [-0.2, 0) is 22.8 Å². The lowest BCUT2D eigenvalue weighted by molar-refractivity contribution is -0.144. The van der Waals surface area contributed by atoms with Gasteiger partial charge < -0.3 is 18.0 Å². The van der Waals surface area contributed by atoms with Crippen molar-refractivity contribution in [1.29, 1.82) is 0 Å². The van der Waals surface area contributed by atoms with Gasteiger partial charge in [-0.3, -0.25) is 0 Å². The predicted molar refractivity (Wildman–Crippen MR) is 80.4 cm³/mol. The summed E-state index contributed by atoms with van der Waals surface area (Å²) >= 11 is 0. The fraction of sp³-hybridized carbons (Fsp3) is 0.786. The Balaban J connectivity index is 4.55. The Hall–Kier alpha value is -0.693. The van der Waals surface area contributed by atoms with E-state index in [-0.39, 0.29) is 12.1 Å². The molecule has 0 saturated carbocycles. The van der Waals surface area contributed by atoms with Crippen LogP contribution in [0.5, 0.6) is 0 Å². The Kier molecular flexibility index (Phi) is 9.74. The monoisotopic (exact) mass is 304 g/mol. The van der Waals surface area contributed by atoms with E-state index in [2.05, 4.69) is 13.5 Å². The first-order valence-corrected chi connectivity index (χ1v) is 8.89. The van der Waals surface area contributed by atoms with Crippen molar-refractivity contribution in [3.05, 3.63) is 12.2 Å². The van der Waals surface area contributed by atoms with Gasteiger partial charge in [-0.05, 0) is 19.8 Å². The summed E-state index contributed by atoms with van der Waals surface area (Å²) in [6, 6.07) is 0.619. The number of hydrogen-bond donors (Lipinski definition) is 0. The van der Waals surface area contributed by atoms with E-state index in [4.69, 9.17) is 18.0 Å². The Morgan fingerprint density at radius 3 is 2.10 bits per heavy atom. The minimum atomic E-state index is -2.61. The Labute approximate surface area is 123 Å². The molecule has 0 rings (SSSR count). The largest absolute Gasteiger partial charge is 0.500 e. The van der Waals surface area contributed by atoms with E-state index >= 15 is 0 Å². The summed E-state index contributed by atoms with van der Waals surface area (Å²) in [6.07, 6.45) is 3.42. The van der Waals surface area contributed by atoms with Crippen molar-refractivity contribution < 1.29 is 22.8 Å². The van der Waals surface area contributed by atoms with E-state index in [1.165, 1.54) is 0 Å². The van der Waals surface area contributed by atoms with Gasteiger partial charge in [0.25, 0.3) is 0 Å². The number of carbonyl (C=O) groups excluding carboxylic acids is 1. The highest BCUT2D eigenvalue weighted by Gasteiger charge is 2.38. The number of carbonyl (C=O) groups is 1. The van der Waals surface area contributed by atoms with Crippen molar-refractivity contribution in [2.45, 2.75) is 51.7 Å². The lowest BCUT2D eigenvalue weighted by atomic mass is 10.1. The zero-order valence-electron chi connectivity index (χ0n) is 13.4. The summed E-state index contributed by atoms with van der Waals surface area (Å²) < 4.78 is 21.6. The van der Waals surface area contributed by atoms with E-state index in [0.29, 0.717) is 18.0 Å². The van der Waals surface area contributed by atoms with Gasteiger partial charge in [0.15, 0.2) is 0 Å². The van der Waals surface area contributed by atoms with E-state index in [1.54, 1.807) is 28.3 Å². The van der Waals surface area contributed by atoms with Gasteiger partial charge in [-0.25, -0.2) is 4.79 Å². The maximum Gasteiger partial charge on any atom is 0.500 e. The molecule has 0 bridgehead atoms. The molecule has 0 N–H and O–H groups in total. The standard InChI is InChI=1S/C14H28O5Si/c1-7-8-9-13(19-14(15)12(2)3)10-11-20(16-4,17-5)18-6/h13H,2,7-11H2,1,3-6H3. The number of esters is 1. The summed E-state index contributed by atoms with van der Waals surface area (Å²) in [5, 5.41) is 0. The Morgan fingerprint density at radius 2 is 1.70 bits per heavy atom. The van der Waals surface area contributed by atoms with Crippen LogP contribution in [0.1, 0.15) is 39.5 Å². The van der Waals surface area contributed by atoms with Crippen molar-refractivity contribution >= 4 is 14.8 Å². The van der Waals surface area contributed by atoms with Crippen molar-refractivity contribution in [2.75, 3.05) is 21.3 Å². The summed E-state index contributed by atoms with van der Waals surface area (Å²) in [4.78, 5) is 11.6. The van der Waals surface area contributed by atoms with Crippen LogP contribution >= 0.6 is 0 Å². The summed E-state index contributed by atoms with van der Waals surface area (Å²) in [5.41, 5.74) is 0.417. The van der Waals surface area contributed by atoms with Crippen LogP contribution in [0.2, 0.25) is 6.04 Å². The molecular weight excluding hydrogens is 276 g/mol. The highest BCUT2D eigenvalue weighted by Crippen LogP contribution is 2.21. The normalized spacial score (nSPS) is 13.1. The molecule has 0 heterocycles. The van der Waals surface area contributed by atoms with E-state index in [9.17, 15) is 4.79 Å². The maximum atomic E-state index is 11.6. The average molecular weight is 304 g/mol. The highest BCUT2D eigenvalue weighted by molar-refractivity contribution is 6.60. The van der Waals surface area contributed by atoms with E-state index < -0.39 is 8.80 Å². The lowest BCUT2D eigenvalue weighted by Crippen LogP contribution is -2.43. The molecule has 118 valence electrons. The molecule has 0 aromatic carbocycles. The molecule has 0 spiro atoms. The minimum Gasteiger partial charge on any atom is -0.459 e. The zero-order valence-corrected chi connectivity index (χ0v) is 14.4. The minimum absolute atomic E-state index is 0.147. The smallest absolute Gasteiger partial charge is 0.459 e. The third-order valence-electron chi connectivity index (χ3n) is 3.21. The molecule has 0 radical (unpaired) electrons. The fourth-order valence-electron chi connectivity index (χ4n) is 1.84. The van der Waals surface area contributed by atoms with Crippen LogP contribution < -0.4 is 0 Å². The zero-order chi connectivity index (χ0) is 15.6. The summed E-state index contributed by atoms with van der Waals surface area (Å²) in [7, 11) is 2.14. The molecule has 0 saturated heterocycles. The molecule has 5 nitrogen and oxygen atoms in total. The van der Waals surface area contributed by atoms with Gasteiger partial charge in [0.05, 0.1) is 0 Å². The number of ether oxygens (including phenoxy) is 1. The third-order valence-corrected chi connectivity index (χ3v) is 5.97. The molecule has 6 heteroatoms. The SMILES string of the molecule is C=C(C)C(=O)OC(CCCC)CC[Si](OC)(OC)OC. The topological polar surface area (TPSA) is 54.0 Å². The molecule has 0 fully saturated rings. The van der Waals surface area contributed by atoms with Gasteiger partial charge in [0, 0.05) is 32.9 Å². The van der Waals surface area contributed by atoms with Crippen molar-refractivity contribution in [1.82, 2.24) is 0 Å². The van der Waals surface area contributed by atoms with E-state index in [1.807, 2.05) is 0 Å². The highest BCUT2D eigenvalue weighted by atomic mass is 28.4. The Bertz CT molecular complexity index is 294. The van der Waals surface area contributed by atoms with Crippen LogP contribution in [-0.4, -0.2) is 42.2 Å². The molecule has 0 aliphatic heterocycles. The van der Waals surface area contributed by atoms with Crippen molar-refractivity contribution in [2.24, 2.45) is 0 Å². The lowest BCUT2D eigenvalue weighted by Gasteiger charge is -2.26. The van der Waals surface area contributed by atoms with Crippen LogP contribution in [0.25, 0.3) is 0 Å². The van der Waals surface area contributed by atoms with E-state index in [0.717, 1.165) is 19.3 Å². The van der Waals surface area contributed by atoms with Crippen molar-refractivity contribution in [3.8, 4) is 0 Å². The fourth-order valence-corrected chi connectivity index (χ4v) is 3.63. The van der Waals surface area contributed by atoms with Gasteiger partial charge in [0.1, 0.15) is 6.10 Å². The average Bonchev–Trinajstić information content (AvgIpc) is 2.46. The second-order valence-electron chi connectivity index (χ2n) is 4.78. The first-order chi connectivity index (χ1) is 9.44. The van der Waals surface area contributed by atoms with Crippen LogP contribution in [0.4, 0.5) is 0 Å². The molecule has 0 aromatic heterocycles. The summed E-state index contributed by atoms with van der Waals surface area (Å²) in [6.45, 7) is 7.36. The second kappa shape index (κ2) is 10.1. The predicted octanol–water partition coefficient (Wildman–Crippen LogP) is 2.93. The second-order valence-corrected chi connectivity index (χ2v) is 7.87. The quantitative estimate of drug-likeness (QED) is 0.334. The van der Waals surface area contributed by atoms with Crippen LogP contribution in [0.15, 0.2) is 12.2 Å². The Morgan fingerprint density at radius 1 is 1.15 bits per heavy atom. The van der Waals surface area contributed by atoms with Crippen LogP contribution in [0, 0.1) is 0 Å². The van der Waals surface area contributed by atoms with Gasteiger partial charge in [0.2, 0.25) is 0 Å². The third kappa shape index (κ3) is 6.65. The first-order valence-electron chi connectivity index (χ1n) is 6.96.